The van der Waals surface area contributed by atoms with Gasteiger partial charge in [-0.2, -0.15) is 5.10 Å². The van der Waals surface area contributed by atoms with Crippen LogP contribution in [0.1, 0.15) is 30.9 Å². The fraction of sp³-hybridized carbons (Fsp3) is 0.412. The molecule has 1 aromatic carbocycles. The van der Waals surface area contributed by atoms with Crippen molar-refractivity contribution in [2.75, 3.05) is 0 Å². The van der Waals surface area contributed by atoms with E-state index in [0.29, 0.717) is 24.2 Å². The lowest BCUT2D eigenvalue weighted by atomic mass is 10.2. The molecule has 1 saturated carbocycles. The Kier molecular flexibility index (Phi) is 4.86. The van der Waals surface area contributed by atoms with Gasteiger partial charge >= 0.3 is 6.03 Å². The molecule has 1 heterocycles. The third-order valence-electron chi connectivity index (χ3n) is 4.00. The van der Waals surface area contributed by atoms with Crippen molar-refractivity contribution in [1.29, 1.82) is 0 Å². The summed E-state index contributed by atoms with van der Waals surface area (Å²) in [7, 11) is 0. The molecule has 2 amide bonds. The Morgan fingerprint density at radius 2 is 2.22 bits per heavy atom. The van der Waals surface area contributed by atoms with Gasteiger partial charge in [0.05, 0.1) is 6.20 Å². The van der Waals surface area contributed by atoms with Crippen molar-refractivity contribution in [3.63, 3.8) is 0 Å². The molecule has 6 heteroatoms. The maximum Gasteiger partial charge on any atom is 0.318 e. The number of hydrogen-bond donors (Lipinski definition) is 1. The predicted octanol–water partition coefficient (Wildman–Crippen LogP) is 3.43. The van der Waals surface area contributed by atoms with Crippen molar-refractivity contribution < 1.29 is 4.79 Å². The predicted molar refractivity (Wildman–Crippen MR) is 90.2 cm³/mol. The van der Waals surface area contributed by atoms with Crippen molar-refractivity contribution in [3.8, 4) is 0 Å². The summed E-state index contributed by atoms with van der Waals surface area (Å²) >= 11 is 6.22. The molecule has 0 atom stereocenters. The van der Waals surface area contributed by atoms with E-state index in [9.17, 15) is 4.79 Å². The number of aryl methyl sites for hydroxylation is 1. The Hall–Kier alpha value is -2.01. The van der Waals surface area contributed by atoms with Crippen molar-refractivity contribution in [2.24, 2.45) is 0 Å². The summed E-state index contributed by atoms with van der Waals surface area (Å²) in [5.74, 6) is 0. The second-order valence-electron chi connectivity index (χ2n) is 5.81. The molecule has 0 spiro atoms. The summed E-state index contributed by atoms with van der Waals surface area (Å²) in [4.78, 5) is 14.4. The molecular formula is C17H21ClN4O. The van der Waals surface area contributed by atoms with Crippen LogP contribution in [-0.2, 0) is 19.6 Å². The number of carbonyl (C=O) groups excluding carboxylic acids is 1. The average molecular weight is 333 g/mol. The van der Waals surface area contributed by atoms with E-state index >= 15 is 0 Å². The molecule has 0 saturated heterocycles. The van der Waals surface area contributed by atoms with Gasteiger partial charge in [-0.05, 0) is 31.4 Å². The number of benzene rings is 1. The van der Waals surface area contributed by atoms with Gasteiger partial charge in [-0.15, -0.1) is 0 Å². The van der Waals surface area contributed by atoms with Gasteiger partial charge < -0.3 is 10.2 Å². The molecule has 1 aliphatic rings. The van der Waals surface area contributed by atoms with Crippen LogP contribution in [0.4, 0.5) is 4.79 Å². The number of nitrogens with zero attached hydrogens (tertiary/aromatic N) is 3. The molecule has 3 rings (SSSR count). The van der Waals surface area contributed by atoms with E-state index in [1.54, 1.807) is 6.20 Å². The highest BCUT2D eigenvalue weighted by Crippen LogP contribution is 2.29. The van der Waals surface area contributed by atoms with E-state index in [4.69, 9.17) is 11.6 Å². The Morgan fingerprint density at radius 3 is 2.87 bits per heavy atom. The van der Waals surface area contributed by atoms with Crippen LogP contribution >= 0.6 is 11.6 Å². The first-order chi connectivity index (χ1) is 11.2. The molecule has 1 aromatic heterocycles. The van der Waals surface area contributed by atoms with Crippen molar-refractivity contribution >= 4 is 17.6 Å². The zero-order valence-corrected chi connectivity index (χ0v) is 14.0. The monoisotopic (exact) mass is 332 g/mol. The van der Waals surface area contributed by atoms with Gasteiger partial charge in [-0.25, -0.2) is 4.79 Å². The van der Waals surface area contributed by atoms with Crippen LogP contribution in [-0.4, -0.2) is 26.8 Å². The molecule has 1 N–H and O–H groups in total. The second kappa shape index (κ2) is 7.04. The highest BCUT2D eigenvalue weighted by molar-refractivity contribution is 6.31. The van der Waals surface area contributed by atoms with Crippen LogP contribution in [0.5, 0.6) is 0 Å². The van der Waals surface area contributed by atoms with Crippen LogP contribution < -0.4 is 5.32 Å². The molecule has 0 aliphatic heterocycles. The number of hydrogen-bond acceptors (Lipinski definition) is 2. The van der Waals surface area contributed by atoms with Gasteiger partial charge in [-0.3, -0.25) is 4.68 Å². The van der Waals surface area contributed by atoms with E-state index in [2.05, 4.69) is 10.4 Å². The Morgan fingerprint density at radius 1 is 1.43 bits per heavy atom. The first-order valence-corrected chi connectivity index (χ1v) is 8.34. The third kappa shape index (κ3) is 4.05. The Balaban J connectivity index is 1.61. The largest absolute Gasteiger partial charge is 0.334 e. The zero-order valence-electron chi connectivity index (χ0n) is 13.2. The Bertz CT molecular complexity index is 681. The van der Waals surface area contributed by atoms with Gasteiger partial charge in [0.2, 0.25) is 0 Å². The minimum atomic E-state index is -0.0448. The summed E-state index contributed by atoms with van der Waals surface area (Å²) in [6.07, 6.45) is 5.87. The maximum atomic E-state index is 12.5. The highest BCUT2D eigenvalue weighted by Gasteiger charge is 2.32. The lowest BCUT2D eigenvalue weighted by Gasteiger charge is -2.23. The first kappa shape index (κ1) is 15.9. The number of urea groups is 1. The van der Waals surface area contributed by atoms with Crippen molar-refractivity contribution in [2.45, 2.75) is 45.4 Å². The molecule has 0 bridgehead atoms. The Labute approximate surface area is 141 Å². The summed E-state index contributed by atoms with van der Waals surface area (Å²) in [5.41, 5.74) is 1.99. The van der Waals surface area contributed by atoms with E-state index < -0.39 is 0 Å². The fourth-order valence-corrected chi connectivity index (χ4v) is 2.71. The summed E-state index contributed by atoms with van der Waals surface area (Å²) < 4.78 is 1.85. The minimum absolute atomic E-state index is 0.0448. The van der Waals surface area contributed by atoms with Crippen molar-refractivity contribution in [1.82, 2.24) is 20.0 Å². The summed E-state index contributed by atoms with van der Waals surface area (Å²) in [5, 5.41) is 7.91. The van der Waals surface area contributed by atoms with E-state index in [0.717, 1.165) is 30.5 Å². The number of carbonyl (C=O) groups is 1. The van der Waals surface area contributed by atoms with Crippen LogP contribution in [0.25, 0.3) is 0 Å². The minimum Gasteiger partial charge on any atom is -0.334 e. The van der Waals surface area contributed by atoms with Gasteiger partial charge in [0, 0.05) is 42.5 Å². The maximum absolute atomic E-state index is 12.5. The SMILES string of the molecule is CCn1cc(CNC(=O)N(Cc2ccccc2Cl)C2CC2)cn1. The van der Waals surface area contributed by atoms with Crippen molar-refractivity contribution in [3.05, 3.63) is 52.8 Å². The van der Waals surface area contributed by atoms with Gasteiger partial charge in [0.15, 0.2) is 0 Å². The number of amides is 2. The second-order valence-corrected chi connectivity index (χ2v) is 6.22. The van der Waals surface area contributed by atoms with E-state index in [1.807, 2.05) is 47.0 Å². The van der Waals surface area contributed by atoms with Gasteiger partial charge in [-0.1, -0.05) is 29.8 Å². The van der Waals surface area contributed by atoms with E-state index in [1.165, 1.54) is 0 Å². The fourth-order valence-electron chi connectivity index (χ4n) is 2.51. The van der Waals surface area contributed by atoms with Gasteiger partial charge in [0.1, 0.15) is 0 Å². The number of rotatable bonds is 6. The molecule has 122 valence electrons. The highest BCUT2D eigenvalue weighted by atomic mass is 35.5. The zero-order chi connectivity index (χ0) is 16.2. The number of halogens is 1. The smallest absolute Gasteiger partial charge is 0.318 e. The standard InChI is InChI=1S/C17H21ClN4O/c1-2-21-11-13(10-20-21)9-19-17(23)22(15-7-8-15)12-14-5-3-4-6-16(14)18/h3-6,10-11,15H,2,7-9,12H2,1H3,(H,19,23). The normalized spacial score (nSPS) is 13.8. The molecule has 5 nitrogen and oxygen atoms in total. The molecule has 23 heavy (non-hydrogen) atoms. The molecule has 1 fully saturated rings. The summed E-state index contributed by atoms with van der Waals surface area (Å²) in [6.45, 7) is 3.90. The third-order valence-corrected chi connectivity index (χ3v) is 4.37. The topological polar surface area (TPSA) is 50.2 Å². The van der Waals surface area contributed by atoms with Crippen LogP contribution in [0, 0.1) is 0 Å². The first-order valence-electron chi connectivity index (χ1n) is 7.96. The number of nitrogens with one attached hydrogen (secondary N) is 1. The molecule has 1 aliphatic carbocycles. The lowest BCUT2D eigenvalue weighted by molar-refractivity contribution is 0.191. The molecular weight excluding hydrogens is 312 g/mol. The molecule has 0 unspecified atom stereocenters. The average Bonchev–Trinajstić information content (AvgIpc) is 3.29. The quantitative estimate of drug-likeness (QED) is 0.881. The number of aromatic nitrogens is 2. The van der Waals surface area contributed by atoms with Gasteiger partial charge in [0.25, 0.3) is 0 Å². The van der Waals surface area contributed by atoms with Crippen LogP contribution in [0.3, 0.4) is 0 Å². The van der Waals surface area contributed by atoms with Crippen LogP contribution in [0.15, 0.2) is 36.7 Å². The van der Waals surface area contributed by atoms with Crippen LogP contribution in [0.2, 0.25) is 5.02 Å². The molecule has 0 radical (unpaired) electrons. The molecule has 2 aromatic rings. The summed E-state index contributed by atoms with van der Waals surface area (Å²) in [6, 6.07) is 7.96. The van der Waals surface area contributed by atoms with E-state index in [-0.39, 0.29) is 6.03 Å². The lowest BCUT2D eigenvalue weighted by Crippen LogP contribution is -2.40.